The van der Waals surface area contributed by atoms with Gasteiger partial charge in [-0.05, 0) is 59.5 Å². The van der Waals surface area contributed by atoms with Crippen LogP contribution in [0.5, 0.6) is 0 Å². The van der Waals surface area contributed by atoms with E-state index in [0.717, 1.165) is 30.0 Å². The van der Waals surface area contributed by atoms with Crippen molar-refractivity contribution in [3.63, 3.8) is 0 Å². The SMILES string of the molecule is CC1(C)CNc2cc(NC(=O)c3cccnc3Nc3ccc(Cc4ccccc4)cc3)ccc21. The molecule has 0 saturated carbocycles. The largest absolute Gasteiger partial charge is 0.384 e. The predicted molar refractivity (Wildman–Crippen MR) is 139 cm³/mol. The Morgan fingerprint density at radius 3 is 2.44 bits per heavy atom. The van der Waals surface area contributed by atoms with E-state index in [0.29, 0.717) is 11.4 Å². The van der Waals surface area contributed by atoms with E-state index >= 15 is 0 Å². The molecule has 1 aromatic heterocycles. The van der Waals surface area contributed by atoms with Gasteiger partial charge in [-0.1, -0.05) is 62.4 Å². The van der Waals surface area contributed by atoms with E-state index in [2.05, 4.69) is 77.2 Å². The first-order valence-electron chi connectivity index (χ1n) is 11.5. The first-order chi connectivity index (χ1) is 16.5. The molecule has 0 fully saturated rings. The first kappa shape index (κ1) is 21.7. The summed E-state index contributed by atoms with van der Waals surface area (Å²) in [6, 6.07) is 28.2. The summed E-state index contributed by atoms with van der Waals surface area (Å²) in [5.41, 5.74) is 7.07. The van der Waals surface area contributed by atoms with Gasteiger partial charge in [0.1, 0.15) is 5.82 Å². The minimum absolute atomic E-state index is 0.0922. The molecule has 0 unspecified atom stereocenters. The summed E-state index contributed by atoms with van der Waals surface area (Å²) in [5.74, 6) is 0.324. The van der Waals surface area contributed by atoms with Crippen molar-refractivity contribution in [3.8, 4) is 0 Å². The zero-order valence-corrected chi connectivity index (χ0v) is 19.4. The number of nitrogens with zero attached hydrogens (tertiary/aromatic N) is 1. The molecule has 0 saturated heterocycles. The van der Waals surface area contributed by atoms with Crippen LogP contribution in [0.4, 0.5) is 22.9 Å². The molecular weight excluding hydrogens is 420 g/mol. The fraction of sp³-hybridized carbons (Fsp3) is 0.172. The van der Waals surface area contributed by atoms with Crippen LogP contribution in [-0.2, 0) is 11.8 Å². The number of carbonyl (C=O) groups excluding carboxylic acids is 1. The number of amides is 1. The van der Waals surface area contributed by atoms with Crippen LogP contribution in [0.25, 0.3) is 0 Å². The summed E-state index contributed by atoms with van der Waals surface area (Å²) in [5, 5.41) is 9.75. The maximum Gasteiger partial charge on any atom is 0.259 e. The van der Waals surface area contributed by atoms with Gasteiger partial charge in [-0.2, -0.15) is 0 Å². The van der Waals surface area contributed by atoms with Crippen LogP contribution in [0.1, 0.15) is 40.9 Å². The van der Waals surface area contributed by atoms with Gasteiger partial charge in [0.15, 0.2) is 0 Å². The van der Waals surface area contributed by atoms with Crippen molar-refractivity contribution in [3.05, 3.63) is 113 Å². The molecule has 1 amide bonds. The molecule has 0 atom stereocenters. The third kappa shape index (κ3) is 4.64. The summed E-state index contributed by atoms with van der Waals surface area (Å²) in [6.07, 6.45) is 2.56. The minimum atomic E-state index is -0.200. The van der Waals surface area contributed by atoms with Gasteiger partial charge in [-0.15, -0.1) is 0 Å². The van der Waals surface area contributed by atoms with E-state index in [1.165, 1.54) is 16.7 Å². The lowest BCUT2D eigenvalue weighted by Crippen LogP contribution is -2.18. The standard InChI is InChI=1S/C29H28N4O/c1-29(2)19-31-26-18-23(14-15-25(26)29)33-28(34)24-9-6-16-30-27(24)32-22-12-10-21(11-13-22)17-20-7-4-3-5-8-20/h3-16,18,31H,17,19H2,1-2H3,(H,30,32)(H,33,34). The number of aromatic nitrogens is 1. The summed E-state index contributed by atoms with van der Waals surface area (Å²) >= 11 is 0. The second-order valence-corrected chi connectivity index (χ2v) is 9.34. The molecule has 1 aliphatic rings. The van der Waals surface area contributed by atoms with Gasteiger partial charge in [0.05, 0.1) is 5.56 Å². The minimum Gasteiger partial charge on any atom is -0.384 e. The highest BCUT2D eigenvalue weighted by Gasteiger charge is 2.29. The number of nitrogens with one attached hydrogen (secondary N) is 3. The maximum absolute atomic E-state index is 13.1. The number of rotatable bonds is 6. The lowest BCUT2D eigenvalue weighted by Gasteiger charge is -2.17. The molecule has 3 N–H and O–H groups in total. The molecule has 4 aromatic rings. The molecule has 1 aliphatic heterocycles. The highest BCUT2D eigenvalue weighted by molar-refractivity contribution is 6.08. The van der Waals surface area contributed by atoms with Crippen LogP contribution in [0.2, 0.25) is 0 Å². The van der Waals surface area contributed by atoms with Crippen molar-refractivity contribution in [1.29, 1.82) is 0 Å². The number of anilines is 4. The molecule has 2 heterocycles. The van der Waals surface area contributed by atoms with Crippen LogP contribution in [-0.4, -0.2) is 17.4 Å². The van der Waals surface area contributed by atoms with Crippen LogP contribution in [0.3, 0.4) is 0 Å². The molecule has 5 rings (SSSR count). The van der Waals surface area contributed by atoms with Gasteiger partial charge < -0.3 is 16.0 Å². The van der Waals surface area contributed by atoms with Gasteiger partial charge >= 0.3 is 0 Å². The van der Waals surface area contributed by atoms with Crippen molar-refractivity contribution in [1.82, 2.24) is 4.98 Å². The Balaban J connectivity index is 1.29. The van der Waals surface area contributed by atoms with Gasteiger partial charge in [0.2, 0.25) is 0 Å². The number of fused-ring (bicyclic) bond motifs is 1. The fourth-order valence-corrected chi connectivity index (χ4v) is 4.33. The molecule has 3 aromatic carbocycles. The van der Waals surface area contributed by atoms with Crippen LogP contribution in [0, 0.1) is 0 Å². The first-order valence-corrected chi connectivity index (χ1v) is 11.5. The highest BCUT2D eigenvalue weighted by atomic mass is 16.1. The Bertz CT molecular complexity index is 1310. The van der Waals surface area contributed by atoms with Gasteiger partial charge in [-0.3, -0.25) is 4.79 Å². The smallest absolute Gasteiger partial charge is 0.259 e. The van der Waals surface area contributed by atoms with E-state index in [-0.39, 0.29) is 11.3 Å². The third-order valence-electron chi connectivity index (χ3n) is 6.25. The van der Waals surface area contributed by atoms with Crippen molar-refractivity contribution in [2.75, 3.05) is 22.5 Å². The predicted octanol–water partition coefficient (Wildman–Crippen LogP) is 6.37. The van der Waals surface area contributed by atoms with Crippen LogP contribution < -0.4 is 16.0 Å². The lowest BCUT2D eigenvalue weighted by atomic mass is 9.87. The van der Waals surface area contributed by atoms with Crippen molar-refractivity contribution in [2.24, 2.45) is 0 Å². The van der Waals surface area contributed by atoms with Crippen molar-refractivity contribution in [2.45, 2.75) is 25.7 Å². The number of pyridine rings is 1. The van der Waals surface area contributed by atoms with E-state index in [9.17, 15) is 4.79 Å². The fourth-order valence-electron chi connectivity index (χ4n) is 4.33. The van der Waals surface area contributed by atoms with E-state index < -0.39 is 0 Å². The normalized spacial score (nSPS) is 13.6. The van der Waals surface area contributed by atoms with E-state index in [1.54, 1.807) is 18.3 Å². The maximum atomic E-state index is 13.1. The van der Waals surface area contributed by atoms with Crippen molar-refractivity contribution >= 4 is 28.8 Å². The molecule has 5 heteroatoms. The molecule has 5 nitrogen and oxygen atoms in total. The Hall–Kier alpha value is -4.12. The summed E-state index contributed by atoms with van der Waals surface area (Å²) in [7, 11) is 0. The number of carbonyl (C=O) groups is 1. The Labute approximate surface area is 200 Å². The summed E-state index contributed by atoms with van der Waals surface area (Å²) in [4.78, 5) is 17.5. The molecule has 34 heavy (non-hydrogen) atoms. The number of hydrogen-bond donors (Lipinski definition) is 3. The monoisotopic (exact) mass is 448 g/mol. The average Bonchev–Trinajstić information content (AvgIpc) is 3.15. The van der Waals surface area contributed by atoms with E-state index in [4.69, 9.17) is 0 Å². The summed E-state index contributed by atoms with van der Waals surface area (Å²) < 4.78 is 0. The Morgan fingerprint density at radius 2 is 1.65 bits per heavy atom. The number of benzene rings is 3. The van der Waals surface area contributed by atoms with Crippen molar-refractivity contribution < 1.29 is 4.79 Å². The molecule has 0 spiro atoms. The molecule has 0 bridgehead atoms. The molecule has 0 aliphatic carbocycles. The third-order valence-corrected chi connectivity index (χ3v) is 6.25. The van der Waals surface area contributed by atoms with E-state index in [1.807, 2.05) is 30.3 Å². The summed E-state index contributed by atoms with van der Waals surface area (Å²) in [6.45, 7) is 5.32. The Kier molecular flexibility index (Phi) is 5.76. The van der Waals surface area contributed by atoms with Crippen LogP contribution >= 0.6 is 0 Å². The zero-order valence-electron chi connectivity index (χ0n) is 19.4. The average molecular weight is 449 g/mol. The highest BCUT2D eigenvalue weighted by Crippen LogP contribution is 2.37. The number of hydrogen-bond acceptors (Lipinski definition) is 4. The topological polar surface area (TPSA) is 66.0 Å². The second kappa shape index (κ2) is 9.02. The van der Waals surface area contributed by atoms with Gasteiger partial charge in [0, 0.05) is 35.2 Å². The quantitative estimate of drug-likeness (QED) is 0.321. The molecule has 0 radical (unpaired) electrons. The van der Waals surface area contributed by atoms with Gasteiger partial charge in [-0.25, -0.2) is 4.98 Å². The molecule has 170 valence electrons. The molecular formula is C29H28N4O. The Morgan fingerprint density at radius 1 is 0.912 bits per heavy atom. The zero-order chi connectivity index (χ0) is 23.5. The second-order valence-electron chi connectivity index (χ2n) is 9.34. The van der Waals surface area contributed by atoms with Crippen LogP contribution in [0.15, 0.2) is 91.1 Å². The lowest BCUT2D eigenvalue weighted by molar-refractivity contribution is 0.102. The van der Waals surface area contributed by atoms with Gasteiger partial charge in [0.25, 0.3) is 5.91 Å².